The summed E-state index contributed by atoms with van der Waals surface area (Å²) in [7, 11) is 0. The van der Waals surface area contributed by atoms with Gasteiger partial charge in [0.1, 0.15) is 5.60 Å². The van der Waals surface area contributed by atoms with E-state index in [2.05, 4.69) is 5.32 Å². The fraction of sp³-hybridized carbons (Fsp3) is 1.00. The lowest BCUT2D eigenvalue weighted by atomic mass is 9.92. The van der Waals surface area contributed by atoms with Crippen LogP contribution in [0.1, 0.15) is 13.3 Å². The van der Waals surface area contributed by atoms with E-state index in [0.717, 1.165) is 6.92 Å². The van der Waals surface area contributed by atoms with Gasteiger partial charge in [0.05, 0.1) is 0 Å². The third-order valence-electron chi connectivity index (χ3n) is 1.87. The van der Waals surface area contributed by atoms with Gasteiger partial charge in [0.25, 0.3) is 5.92 Å². The average molecular weight is 151 g/mol. The van der Waals surface area contributed by atoms with E-state index >= 15 is 0 Å². The Bertz CT molecular complexity index is 120. The van der Waals surface area contributed by atoms with Gasteiger partial charge in [-0.1, -0.05) is 0 Å². The van der Waals surface area contributed by atoms with Gasteiger partial charge in [0, 0.05) is 19.5 Å². The smallest absolute Gasteiger partial charge is 0.278 e. The average Bonchev–Trinajstić information content (AvgIpc) is 1.77. The van der Waals surface area contributed by atoms with Gasteiger partial charge in [-0.05, 0) is 6.92 Å². The molecule has 1 unspecified atom stereocenters. The summed E-state index contributed by atoms with van der Waals surface area (Å²) in [5.74, 6) is -2.93. The van der Waals surface area contributed by atoms with E-state index in [1.807, 2.05) is 0 Å². The molecule has 0 aliphatic carbocycles. The standard InChI is InChI=1S/C6H11F2NO/c1-5(10)4-9-3-2-6(5,7)8/h9-10H,2-4H2,1H3. The maximum atomic E-state index is 12.7. The van der Waals surface area contributed by atoms with Crippen molar-refractivity contribution in [3.8, 4) is 0 Å². The van der Waals surface area contributed by atoms with Crippen LogP contribution in [0.15, 0.2) is 0 Å². The van der Waals surface area contributed by atoms with E-state index in [-0.39, 0.29) is 19.5 Å². The second-order valence-corrected chi connectivity index (χ2v) is 2.91. The number of aliphatic hydroxyl groups is 1. The molecule has 0 spiro atoms. The third-order valence-corrected chi connectivity index (χ3v) is 1.87. The Kier molecular flexibility index (Phi) is 1.68. The number of hydrogen-bond donors (Lipinski definition) is 2. The molecule has 1 fully saturated rings. The normalized spacial score (nSPS) is 39.6. The van der Waals surface area contributed by atoms with Gasteiger partial charge >= 0.3 is 0 Å². The zero-order valence-electron chi connectivity index (χ0n) is 5.82. The van der Waals surface area contributed by atoms with Crippen LogP contribution in [0.25, 0.3) is 0 Å². The minimum absolute atomic E-state index is 0.0278. The van der Waals surface area contributed by atoms with Crippen LogP contribution in [-0.2, 0) is 0 Å². The molecule has 0 aromatic heterocycles. The first kappa shape index (κ1) is 7.88. The van der Waals surface area contributed by atoms with Gasteiger partial charge in [-0.2, -0.15) is 0 Å². The van der Waals surface area contributed by atoms with Crippen molar-refractivity contribution in [2.75, 3.05) is 13.1 Å². The Morgan fingerprint density at radius 1 is 1.50 bits per heavy atom. The van der Waals surface area contributed by atoms with Crippen molar-refractivity contribution in [1.82, 2.24) is 5.32 Å². The van der Waals surface area contributed by atoms with Gasteiger partial charge < -0.3 is 10.4 Å². The summed E-state index contributed by atoms with van der Waals surface area (Å²) in [5, 5.41) is 11.8. The number of halogens is 2. The van der Waals surface area contributed by atoms with Gasteiger partial charge in [-0.3, -0.25) is 0 Å². The number of β-amino-alcohol motifs (C(OH)–C–C–N with tert-alkyl or cyclic N) is 1. The minimum atomic E-state index is -2.93. The fourth-order valence-corrected chi connectivity index (χ4v) is 0.976. The largest absolute Gasteiger partial charge is 0.383 e. The van der Waals surface area contributed by atoms with Crippen LogP contribution in [0.2, 0.25) is 0 Å². The lowest BCUT2D eigenvalue weighted by Gasteiger charge is -2.36. The molecule has 0 amide bonds. The van der Waals surface area contributed by atoms with Crippen molar-refractivity contribution in [3.05, 3.63) is 0 Å². The van der Waals surface area contributed by atoms with Gasteiger partial charge in [0.2, 0.25) is 0 Å². The molecule has 1 saturated heterocycles. The van der Waals surface area contributed by atoms with E-state index < -0.39 is 11.5 Å². The molecule has 4 heteroatoms. The van der Waals surface area contributed by atoms with Gasteiger partial charge in [0.15, 0.2) is 0 Å². The Morgan fingerprint density at radius 2 is 2.10 bits per heavy atom. The molecule has 1 aliphatic heterocycles. The second-order valence-electron chi connectivity index (χ2n) is 2.91. The molecule has 0 aromatic carbocycles. The van der Waals surface area contributed by atoms with Gasteiger partial charge in [-0.15, -0.1) is 0 Å². The van der Waals surface area contributed by atoms with E-state index in [1.54, 1.807) is 0 Å². The molecular weight excluding hydrogens is 140 g/mol. The quantitative estimate of drug-likeness (QED) is 0.524. The summed E-state index contributed by atoms with van der Waals surface area (Å²) in [6, 6.07) is 0. The van der Waals surface area contributed by atoms with Crippen LogP contribution in [0.3, 0.4) is 0 Å². The maximum absolute atomic E-state index is 12.7. The summed E-state index contributed by atoms with van der Waals surface area (Å²) >= 11 is 0. The number of alkyl halides is 2. The molecule has 10 heavy (non-hydrogen) atoms. The zero-order valence-corrected chi connectivity index (χ0v) is 5.82. The van der Waals surface area contributed by atoms with Crippen molar-refractivity contribution in [2.45, 2.75) is 24.9 Å². The number of hydrogen-bond acceptors (Lipinski definition) is 2. The number of rotatable bonds is 0. The molecule has 0 saturated carbocycles. The first-order chi connectivity index (χ1) is 4.46. The molecule has 1 aliphatic rings. The van der Waals surface area contributed by atoms with Crippen LogP contribution < -0.4 is 5.32 Å². The van der Waals surface area contributed by atoms with Crippen LogP contribution in [-0.4, -0.2) is 29.7 Å². The summed E-state index contributed by atoms with van der Waals surface area (Å²) in [4.78, 5) is 0. The van der Waals surface area contributed by atoms with Crippen molar-refractivity contribution in [2.24, 2.45) is 0 Å². The molecule has 0 radical (unpaired) electrons. The van der Waals surface area contributed by atoms with Gasteiger partial charge in [-0.25, -0.2) is 8.78 Å². The first-order valence-corrected chi connectivity index (χ1v) is 3.27. The first-order valence-electron chi connectivity index (χ1n) is 3.27. The SMILES string of the molecule is CC1(O)CNCCC1(F)F. The van der Waals surface area contributed by atoms with E-state index in [4.69, 9.17) is 5.11 Å². The molecule has 1 rings (SSSR count). The van der Waals surface area contributed by atoms with Crippen LogP contribution >= 0.6 is 0 Å². The van der Waals surface area contributed by atoms with E-state index in [1.165, 1.54) is 0 Å². The summed E-state index contributed by atoms with van der Waals surface area (Å²) in [6.45, 7) is 1.41. The molecule has 0 aromatic rings. The van der Waals surface area contributed by atoms with Crippen molar-refractivity contribution >= 4 is 0 Å². The highest BCUT2D eigenvalue weighted by Gasteiger charge is 2.50. The van der Waals surface area contributed by atoms with E-state index in [0.29, 0.717) is 0 Å². The minimum Gasteiger partial charge on any atom is -0.383 e. The Balaban J connectivity index is 2.70. The highest BCUT2D eigenvalue weighted by Crippen LogP contribution is 2.33. The van der Waals surface area contributed by atoms with Crippen molar-refractivity contribution in [1.29, 1.82) is 0 Å². The summed E-state index contributed by atoms with van der Waals surface area (Å²) in [6.07, 6.45) is -0.278. The van der Waals surface area contributed by atoms with Crippen LogP contribution in [0.5, 0.6) is 0 Å². The van der Waals surface area contributed by atoms with Crippen molar-refractivity contribution < 1.29 is 13.9 Å². The highest BCUT2D eigenvalue weighted by molar-refractivity contribution is 4.94. The summed E-state index contributed by atoms with van der Waals surface area (Å²) in [5.41, 5.74) is -1.87. The number of piperidine rings is 1. The van der Waals surface area contributed by atoms with Crippen molar-refractivity contribution in [3.63, 3.8) is 0 Å². The number of nitrogens with one attached hydrogen (secondary N) is 1. The lowest BCUT2D eigenvalue weighted by molar-refractivity contribution is -0.184. The lowest BCUT2D eigenvalue weighted by Crippen LogP contribution is -2.57. The van der Waals surface area contributed by atoms with Crippen LogP contribution in [0, 0.1) is 0 Å². The predicted octanol–water partition coefficient (Wildman–Crippen LogP) is 0.366. The molecule has 0 bridgehead atoms. The topological polar surface area (TPSA) is 32.3 Å². The molecule has 1 atom stereocenters. The molecule has 2 nitrogen and oxygen atoms in total. The Morgan fingerprint density at radius 3 is 2.40 bits per heavy atom. The maximum Gasteiger partial charge on any atom is 0.278 e. The fourth-order valence-electron chi connectivity index (χ4n) is 0.976. The second kappa shape index (κ2) is 2.13. The Hall–Kier alpha value is -0.220. The predicted molar refractivity (Wildman–Crippen MR) is 33.1 cm³/mol. The van der Waals surface area contributed by atoms with Crippen LogP contribution in [0.4, 0.5) is 8.78 Å². The molecular formula is C6H11F2NO. The Labute approximate surface area is 58.2 Å². The molecule has 1 heterocycles. The molecule has 60 valence electrons. The third kappa shape index (κ3) is 1.13. The molecule has 2 N–H and O–H groups in total. The summed E-state index contributed by atoms with van der Waals surface area (Å²) < 4.78 is 25.4. The van der Waals surface area contributed by atoms with E-state index in [9.17, 15) is 8.78 Å². The highest BCUT2D eigenvalue weighted by atomic mass is 19.3. The monoisotopic (exact) mass is 151 g/mol. The zero-order chi connectivity index (χ0) is 7.83.